The molecule has 1 unspecified atom stereocenters. The summed E-state index contributed by atoms with van der Waals surface area (Å²) in [6.45, 7) is 4.11. The lowest BCUT2D eigenvalue weighted by Gasteiger charge is -2.15. The van der Waals surface area contributed by atoms with Crippen molar-refractivity contribution in [2.75, 3.05) is 6.61 Å². The molecule has 0 bridgehead atoms. The lowest BCUT2D eigenvalue weighted by atomic mass is 9.95. The Bertz CT molecular complexity index is 437. The fourth-order valence-corrected chi connectivity index (χ4v) is 2.52. The third-order valence-corrected chi connectivity index (χ3v) is 3.36. The molecule has 17 heavy (non-hydrogen) atoms. The van der Waals surface area contributed by atoms with Gasteiger partial charge in [-0.1, -0.05) is 12.1 Å². The Labute approximate surface area is 101 Å². The van der Waals surface area contributed by atoms with Crippen molar-refractivity contribution < 1.29 is 14.6 Å². The molecule has 3 nitrogen and oxygen atoms in total. The topological polar surface area (TPSA) is 46.5 Å². The van der Waals surface area contributed by atoms with Crippen LogP contribution in [-0.4, -0.2) is 17.7 Å². The molecule has 0 heterocycles. The summed E-state index contributed by atoms with van der Waals surface area (Å²) in [5.74, 6) is -0.551. The standard InChI is InChI=1S/C14H18O3/c1-3-17-14(16)13(15)12-8-7-9(2)10-5-4-6-11(10)12/h7-8,13,15H,3-6H2,1-2H3. The maximum Gasteiger partial charge on any atom is 0.339 e. The molecule has 1 aliphatic rings. The van der Waals surface area contributed by atoms with E-state index in [9.17, 15) is 9.90 Å². The van der Waals surface area contributed by atoms with Gasteiger partial charge in [-0.15, -0.1) is 0 Å². The molecule has 0 aromatic heterocycles. The number of esters is 1. The van der Waals surface area contributed by atoms with Crippen LogP contribution in [0.4, 0.5) is 0 Å². The first-order chi connectivity index (χ1) is 8.15. The zero-order valence-electron chi connectivity index (χ0n) is 10.3. The Morgan fingerprint density at radius 2 is 2.12 bits per heavy atom. The van der Waals surface area contributed by atoms with Crippen LogP contribution in [0.2, 0.25) is 0 Å². The lowest BCUT2D eigenvalue weighted by Crippen LogP contribution is -2.17. The number of hydrogen-bond donors (Lipinski definition) is 1. The quantitative estimate of drug-likeness (QED) is 0.814. The van der Waals surface area contributed by atoms with Crippen LogP contribution in [0.15, 0.2) is 12.1 Å². The van der Waals surface area contributed by atoms with Gasteiger partial charge in [0.25, 0.3) is 0 Å². The number of hydrogen-bond acceptors (Lipinski definition) is 3. The molecule has 0 fully saturated rings. The van der Waals surface area contributed by atoms with E-state index in [-0.39, 0.29) is 0 Å². The average molecular weight is 234 g/mol. The smallest absolute Gasteiger partial charge is 0.339 e. The maximum absolute atomic E-state index is 11.6. The molecule has 1 aromatic rings. The fourth-order valence-electron chi connectivity index (χ4n) is 2.52. The van der Waals surface area contributed by atoms with E-state index in [4.69, 9.17) is 4.74 Å². The van der Waals surface area contributed by atoms with Gasteiger partial charge in [0.1, 0.15) is 0 Å². The Kier molecular flexibility index (Phi) is 3.48. The van der Waals surface area contributed by atoms with Gasteiger partial charge >= 0.3 is 5.97 Å². The van der Waals surface area contributed by atoms with E-state index in [0.29, 0.717) is 6.61 Å². The first-order valence-electron chi connectivity index (χ1n) is 6.11. The van der Waals surface area contributed by atoms with Crippen LogP contribution in [0.5, 0.6) is 0 Å². The second-order valence-corrected chi connectivity index (χ2v) is 4.44. The van der Waals surface area contributed by atoms with Gasteiger partial charge < -0.3 is 9.84 Å². The third kappa shape index (κ3) is 2.20. The highest BCUT2D eigenvalue weighted by Crippen LogP contribution is 2.31. The normalized spacial score (nSPS) is 15.5. The molecule has 3 heteroatoms. The van der Waals surface area contributed by atoms with Crippen molar-refractivity contribution in [1.29, 1.82) is 0 Å². The van der Waals surface area contributed by atoms with Gasteiger partial charge in [-0.05, 0) is 55.4 Å². The minimum atomic E-state index is -1.14. The van der Waals surface area contributed by atoms with Crippen molar-refractivity contribution in [3.05, 3.63) is 34.4 Å². The number of rotatable bonds is 3. The predicted octanol–water partition coefficient (Wildman–Crippen LogP) is 2.08. The summed E-state index contributed by atoms with van der Waals surface area (Å²) in [5, 5.41) is 10.0. The summed E-state index contributed by atoms with van der Waals surface area (Å²) < 4.78 is 4.86. The predicted molar refractivity (Wildman–Crippen MR) is 64.8 cm³/mol. The molecular weight excluding hydrogens is 216 g/mol. The third-order valence-electron chi connectivity index (χ3n) is 3.36. The summed E-state index contributed by atoms with van der Waals surface area (Å²) in [5.41, 5.74) is 4.41. The average Bonchev–Trinajstić information content (AvgIpc) is 2.79. The van der Waals surface area contributed by atoms with Crippen LogP contribution < -0.4 is 0 Å². The van der Waals surface area contributed by atoms with Crippen LogP contribution in [0.1, 0.15) is 41.7 Å². The SMILES string of the molecule is CCOC(=O)C(O)c1ccc(C)c2c1CCC2. The van der Waals surface area contributed by atoms with Crippen molar-refractivity contribution in [1.82, 2.24) is 0 Å². The van der Waals surface area contributed by atoms with Gasteiger partial charge in [0.15, 0.2) is 6.10 Å². The van der Waals surface area contributed by atoms with Crippen LogP contribution in [0, 0.1) is 6.92 Å². The van der Waals surface area contributed by atoms with E-state index in [1.165, 1.54) is 11.1 Å². The van der Waals surface area contributed by atoms with Crippen molar-refractivity contribution in [3.63, 3.8) is 0 Å². The molecule has 0 amide bonds. The van der Waals surface area contributed by atoms with Gasteiger partial charge in [-0.25, -0.2) is 4.79 Å². The van der Waals surface area contributed by atoms with Crippen molar-refractivity contribution in [3.8, 4) is 0 Å². The molecule has 0 saturated heterocycles. The van der Waals surface area contributed by atoms with Crippen LogP contribution in [0.3, 0.4) is 0 Å². The van der Waals surface area contributed by atoms with Gasteiger partial charge in [0.05, 0.1) is 6.61 Å². The molecule has 0 radical (unpaired) electrons. The number of carbonyl (C=O) groups is 1. The van der Waals surface area contributed by atoms with Gasteiger partial charge in [-0.3, -0.25) is 0 Å². The summed E-state index contributed by atoms with van der Waals surface area (Å²) in [6.07, 6.45) is 1.96. The highest BCUT2D eigenvalue weighted by atomic mass is 16.5. The van der Waals surface area contributed by atoms with Gasteiger partial charge in [0.2, 0.25) is 0 Å². The van der Waals surface area contributed by atoms with E-state index in [0.717, 1.165) is 30.4 Å². The summed E-state index contributed by atoms with van der Waals surface area (Å²) in [7, 11) is 0. The highest BCUT2D eigenvalue weighted by molar-refractivity contribution is 5.77. The van der Waals surface area contributed by atoms with Crippen molar-refractivity contribution in [2.45, 2.75) is 39.2 Å². The Hall–Kier alpha value is -1.35. The summed E-state index contributed by atoms with van der Waals surface area (Å²) in [6, 6.07) is 3.82. The second-order valence-electron chi connectivity index (χ2n) is 4.44. The molecule has 1 aliphatic carbocycles. The molecule has 92 valence electrons. The molecular formula is C14H18O3. The van der Waals surface area contributed by atoms with Crippen LogP contribution in [-0.2, 0) is 22.4 Å². The summed E-state index contributed by atoms with van der Waals surface area (Å²) in [4.78, 5) is 11.6. The maximum atomic E-state index is 11.6. The zero-order valence-corrected chi connectivity index (χ0v) is 10.3. The van der Waals surface area contributed by atoms with E-state index >= 15 is 0 Å². The van der Waals surface area contributed by atoms with Crippen molar-refractivity contribution >= 4 is 5.97 Å². The van der Waals surface area contributed by atoms with Crippen molar-refractivity contribution in [2.24, 2.45) is 0 Å². The lowest BCUT2D eigenvalue weighted by molar-refractivity contribution is -0.153. The molecule has 0 saturated carbocycles. The zero-order chi connectivity index (χ0) is 12.4. The number of aryl methyl sites for hydroxylation is 1. The number of benzene rings is 1. The monoisotopic (exact) mass is 234 g/mol. The van der Waals surface area contributed by atoms with Gasteiger partial charge in [-0.2, -0.15) is 0 Å². The highest BCUT2D eigenvalue weighted by Gasteiger charge is 2.25. The van der Waals surface area contributed by atoms with E-state index in [1.54, 1.807) is 6.92 Å². The van der Waals surface area contributed by atoms with Gasteiger partial charge in [0, 0.05) is 0 Å². The van der Waals surface area contributed by atoms with E-state index < -0.39 is 12.1 Å². The second kappa shape index (κ2) is 4.88. The van der Waals surface area contributed by atoms with Crippen LogP contribution in [0.25, 0.3) is 0 Å². The number of carbonyl (C=O) groups excluding carboxylic acids is 1. The fraction of sp³-hybridized carbons (Fsp3) is 0.500. The number of aliphatic hydroxyl groups is 1. The molecule has 1 aromatic carbocycles. The Balaban J connectivity index is 2.34. The number of fused-ring (bicyclic) bond motifs is 1. The Morgan fingerprint density at radius 3 is 2.82 bits per heavy atom. The molecule has 2 rings (SSSR count). The first-order valence-corrected chi connectivity index (χ1v) is 6.11. The summed E-state index contributed by atoms with van der Waals surface area (Å²) >= 11 is 0. The largest absolute Gasteiger partial charge is 0.464 e. The van der Waals surface area contributed by atoms with E-state index in [1.807, 2.05) is 12.1 Å². The Morgan fingerprint density at radius 1 is 1.41 bits per heavy atom. The van der Waals surface area contributed by atoms with Crippen LogP contribution >= 0.6 is 0 Å². The molecule has 1 atom stereocenters. The number of aliphatic hydroxyl groups excluding tert-OH is 1. The van der Waals surface area contributed by atoms with E-state index in [2.05, 4.69) is 6.92 Å². The minimum absolute atomic E-state index is 0.296. The first kappa shape index (κ1) is 12.1. The molecule has 0 spiro atoms. The minimum Gasteiger partial charge on any atom is -0.464 e. The number of ether oxygens (including phenoxy) is 1. The molecule has 0 aliphatic heterocycles. The molecule has 1 N–H and O–H groups in total.